The summed E-state index contributed by atoms with van der Waals surface area (Å²) in [5.41, 5.74) is 4.44. The molecule has 0 bridgehead atoms. The molecule has 0 spiro atoms. The predicted octanol–water partition coefficient (Wildman–Crippen LogP) is 3.92. The van der Waals surface area contributed by atoms with Crippen molar-refractivity contribution in [3.8, 4) is 11.1 Å². The van der Waals surface area contributed by atoms with Crippen molar-refractivity contribution in [1.29, 1.82) is 0 Å². The van der Waals surface area contributed by atoms with Gasteiger partial charge in [0.05, 0.1) is 0 Å². The van der Waals surface area contributed by atoms with Crippen molar-refractivity contribution in [2.45, 2.75) is 45.1 Å². The molecule has 170 valence electrons. The highest BCUT2D eigenvalue weighted by Gasteiger charge is 2.29. The minimum absolute atomic E-state index is 0.00690. The Labute approximate surface area is 188 Å². The van der Waals surface area contributed by atoms with Gasteiger partial charge in [-0.15, -0.1) is 0 Å². The van der Waals surface area contributed by atoms with Crippen molar-refractivity contribution in [3.05, 3.63) is 59.7 Å². The van der Waals surface area contributed by atoms with E-state index >= 15 is 0 Å². The maximum Gasteiger partial charge on any atom is 0.407 e. The Morgan fingerprint density at radius 3 is 2.12 bits per heavy atom. The van der Waals surface area contributed by atoms with Crippen LogP contribution in [-0.2, 0) is 14.3 Å². The molecule has 1 aliphatic rings. The first-order valence-corrected chi connectivity index (χ1v) is 11.0. The first-order valence-electron chi connectivity index (χ1n) is 11.0. The summed E-state index contributed by atoms with van der Waals surface area (Å²) in [6.45, 7) is 4.68. The molecule has 0 saturated carbocycles. The van der Waals surface area contributed by atoms with Gasteiger partial charge in [-0.3, -0.25) is 9.59 Å². The van der Waals surface area contributed by atoms with Crippen LogP contribution in [0.25, 0.3) is 11.1 Å². The minimum Gasteiger partial charge on any atom is -0.481 e. The maximum absolute atomic E-state index is 12.5. The van der Waals surface area contributed by atoms with Gasteiger partial charge in [0.15, 0.2) is 0 Å². The number of hydrogen-bond acceptors (Lipinski definition) is 4. The largest absolute Gasteiger partial charge is 0.481 e. The number of amides is 2. The van der Waals surface area contributed by atoms with E-state index < -0.39 is 24.0 Å². The summed E-state index contributed by atoms with van der Waals surface area (Å²) in [5.74, 6) is -1.10. The highest BCUT2D eigenvalue weighted by Crippen LogP contribution is 2.44. The van der Waals surface area contributed by atoms with Gasteiger partial charge >= 0.3 is 12.1 Å². The summed E-state index contributed by atoms with van der Waals surface area (Å²) in [5, 5.41) is 14.3. The fourth-order valence-electron chi connectivity index (χ4n) is 3.93. The van der Waals surface area contributed by atoms with Crippen LogP contribution in [0.1, 0.15) is 50.2 Å². The van der Waals surface area contributed by atoms with Gasteiger partial charge in [-0.25, -0.2) is 4.79 Å². The Morgan fingerprint density at radius 1 is 0.969 bits per heavy atom. The Balaban J connectivity index is 1.62. The number of carboxylic acid groups (broad SMARTS) is 1. The third kappa shape index (κ3) is 5.87. The molecule has 2 aromatic carbocycles. The van der Waals surface area contributed by atoms with Crippen LogP contribution in [0, 0.1) is 5.92 Å². The average molecular weight is 439 g/mol. The number of carbonyl (C=O) groups excluding carboxylic acids is 2. The van der Waals surface area contributed by atoms with Crippen molar-refractivity contribution in [2.24, 2.45) is 5.92 Å². The van der Waals surface area contributed by atoms with Gasteiger partial charge in [0, 0.05) is 18.9 Å². The molecular weight excluding hydrogens is 408 g/mol. The number of hydrogen-bond donors (Lipinski definition) is 3. The summed E-state index contributed by atoms with van der Waals surface area (Å²) in [4.78, 5) is 36.0. The molecule has 1 atom stereocenters. The van der Waals surface area contributed by atoms with Crippen LogP contribution in [0.3, 0.4) is 0 Å². The van der Waals surface area contributed by atoms with Gasteiger partial charge in [-0.2, -0.15) is 0 Å². The van der Waals surface area contributed by atoms with Crippen LogP contribution in [0.4, 0.5) is 4.79 Å². The zero-order valence-corrected chi connectivity index (χ0v) is 18.5. The van der Waals surface area contributed by atoms with Crippen molar-refractivity contribution < 1.29 is 24.2 Å². The Morgan fingerprint density at radius 2 is 1.56 bits per heavy atom. The van der Waals surface area contributed by atoms with E-state index in [1.165, 1.54) is 0 Å². The highest BCUT2D eigenvalue weighted by atomic mass is 16.5. The normalized spacial score (nSPS) is 13.2. The van der Waals surface area contributed by atoms with E-state index in [1.54, 1.807) is 0 Å². The summed E-state index contributed by atoms with van der Waals surface area (Å²) >= 11 is 0. The number of benzene rings is 2. The summed E-state index contributed by atoms with van der Waals surface area (Å²) in [7, 11) is 0. The molecular formula is C25H30N2O5. The molecule has 7 nitrogen and oxygen atoms in total. The molecule has 1 aliphatic carbocycles. The van der Waals surface area contributed by atoms with Crippen LogP contribution in [0.2, 0.25) is 0 Å². The van der Waals surface area contributed by atoms with E-state index in [1.807, 2.05) is 50.2 Å². The molecule has 32 heavy (non-hydrogen) atoms. The van der Waals surface area contributed by atoms with Gasteiger partial charge in [0.1, 0.15) is 12.6 Å². The van der Waals surface area contributed by atoms with E-state index in [4.69, 9.17) is 9.84 Å². The summed E-state index contributed by atoms with van der Waals surface area (Å²) in [6.07, 6.45) is -0.178. The molecule has 0 fully saturated rings. The molecule has 2 amide bonds. The Bertz CT molecular complexity index is 927. The van der Waals surface area contributed by atoms with Gasteiger partial charge < -0.3 is 20.5 Å². The predicted molar refractivity (Wildman–Crippen MR) is 121 cm³/mol. The Kier molecular flexibility index (Phi) is 7.87. The second-order valence-electron chi connectivity index (χ2n) is 8.43. The zero-order chi connectivity index (χ0) is 23.1. The SMILES string of the molecule is CC(C)CCNC(=O)[C@H](CCC(=O)O)NC(=O)OCC1c2ccccc2-c2ccccc21. The monoisotopic (exact) mass is 438 g/mol. The molecule has 0 aromatic heterocycles. The van der Waals surface area contributed by atoms with Crippen molar-refractivity contribution in [2.75, 3.05) is 13.2 Å². The number of rotatable bonds is 10. The summed E-state index contributed by atoms with van der Waals surface area (Å²) < 4.78 is 5.49. The quantitative estimate of drug-likeness (QED) is 0.521. The van der Waals surface area contributed by atoms with E-state index in [2.05, 4.69) is 22.8 Å². The molecule has 2 aromatic rings. The van der Waals surface area contributed by atoms with E-state index in [0.717, 1.165) is 28.7 Å². The van der Waals surface area contributed by atoms with Gasteiger partial charge in [0.2, 0.25) is 5.91 Å². The fraction of sp³-hybridized carbons (Fsp3) is 0.400. The molecule has 3 N–H and O–H groups in total. The van der Waals surface area contributed by atoms with Crippen molar-refractivity contribution in [1.82, 2.24) is 10.6 Å². The number of alkyl carbamates (subject to hydrolysis) is 1. The third-order valence-electron chi connectivity index (χ3n) is 5.62. The molecule has 0 aliphatic heterocycles. The lowest BCUT2D eigenvalue weighted by molar-refractivity contribution is -0.137. The number of carboxylic acids is 1. The third-order valence-corrected chi connectivity index (χ3v) is 5.62. The number of ether oxygens (including phenoxy) is 1. The lowest BCUT2D eigenvalue weighted by Gasteiger charge is -2.19. The van der Waals surface area contributed by atoms with E-state index in [-0.39, 0.29) is 25.4 Å². The number of aliphatic carboxylic acids is 1. The van der Waals surface area contributed by atoms with Crippen LogP contribution < -0.4 is 10.6 Å². The lowest BCUT2D eigenvalue weighted by atomic mass is 9.98. The number of carbonyl (C=O) groups is 3. The van der Waals surface area contributed by atoms with Crippen molar-refractivity contribution >= 4 is 18.0 Å². The standard InChI is InChI=1S/C25H30N2O5/c1-16(2)13-14-26-24(30)22(11-12-23(28)29)27-25(31)32-15-21-19-9-5-3-7-17(19)18-8-4-6-10-20(18)21/h3-10,16,21-22H,11-15H2,1-2H3,(H,26,30)(H,27,31)(H,28,29)/t22-/m0/s1. The topological polar surface area (TPSA) is 105 Å². The molecule has 7 heteroatoms. The maximum atomic E-state index is 12.5. The smallest absolute Gasteiger partial charge is 0.407 e. The number of fused-ring (bicyclic) bond motifs is 3. The first kappa shape index (κ1) is 23.3. The second kappa shape index (κ2) is 10.8. The Hall–Kier alpha value is -3.35. The molecule has 3 rings (SSSR count). The second-order valence-corrected chi connectivity index (χ2v) is 8.43. The first-order chi connectivity index (χ1) is 15.4. The highest BCUT2D eigenvalue weighted by molar-refractivity contribution is 5.86. The zero-order valence-electron chi connectivity index (χ0n) is 18.5. The van der Waals surface area contributed by atoms with Crippen LogP contribution in [0.5, 0.6) is 0 Å². The average Bonchev–Trinajstić information content (AvgIpc) is 3.08. The molecule has 0 unspecified atom stereocenters. The lowest BCUT2D eigenvalue weighted by Crippen LogP contribution is -2.47. The van der Waals surface area contributed by atoms with Gasteiger partial charge in [-0.05, 0) is 41.0 Å². The molecule has 0 saturated heterocycles. The minimum atomic E-state index is -1.03. The van der Waals surface area contributed by atoms with Crippen LogP contribution >= 0.6 is 0 Å². The van der Waals surface area contributed by atoms with Crippen molar-refractivity contribution in [3.63, 3.8) is 0 Å². The summed E-state index contributed by atoms with van der Waals surface area (Å²) in [6, 6.07) is 15.1. The molecule has 0 radical (unpaired) electrons. The van der Waals surface area contributed by atoms with Crippen LogP contribution in [0.15, 0.2) is 48.5 Å². The molecule has 0 heterocycles. The van der Waals surface area contributed by atoms with E-state index in [9.17, 15) is 14.4 Å². The van der Waals surface area contributed by atoms with E-state index in [0.29, 0.717) is 12.5 Å². The van der Waals surface area contributed by atoms with Gasteiger partial charge in [-0.1, -0.05) is 62.4 Å². The van der Waals surface area contributed by atoms with Gasteiger partial charge in [0.25, 0.3) is 0 Å². The van der Waals surface area contributed by atoms with Crippen LogP contribution in [-0.4, -0.2) is 42.3 Å². The fourth-order valence-corrected chi connectivity index (χ4v) is 3.93. The number of nitrogens with one attached hydrogen (secondary N) is 2.